The second kappa shape index (κ2) is 3.87. The molecule has 0 aliphatic heterocycles. The van der Waals surface area contributed by atoms with Gasteiger partial charge in [0.05, 0.1) is 23.6 Å². The van der Waals surface area contributed by atoms with E-state index in [1.807, 2.05) is 31.2 Å². The summed E-state index contributed by atoms with van der Waals surface area (Å²) in [6, 6.07) is 7.90. The number of nitrogens with zero attached hydrogens (tertiary/aromatic N) is 1. The van der Waals surface area contributed by atoms with E-state index in [0.29, 0.717) is 6.61 Å². The number of imidazole rings is 1. The van der Waals surface area contributed by atoms with Gasteiger partial charge in [0.15, 0.2) is 0 Å². The molecule has 2 atom stereocenters. The zero-order valence-corrected chi connectivity index (χ0v) is 9.64. The van der Waals surface area contributed by atoms with Crippen LogP contribution in [-0.4, -0.2) is 22.5 Å². The minimum atomic E-state index is -0.0991. The highest BCUT2D eigenvalue weighted by molar-refractivity contribution is 5.79. The second-order valence-corrected chi connectivity index (χ2v) is 4.34. The number of nitrogens with one attached hydrogen (secondary N) is 1. The van der Waals surface area contributed by atoms with Crippen molar-refractivity contribution in [3.05, 3.63) is 30.1 Å². The monoisotopic (exact) mass is 230 g/mol. The molecule has 1 N–H and O–H groups in total. The third-order valence-corrected chi connectivity index (χ3v) is 3.14. The van der Waals surface area contributed by atoms with Gasteiger partial charge >= 0.3 is 5.97 Å². The Morgan fingerprint density at radius 3 is 3.12 bits per heavy atom. The van der Waals surface area contributed by atoms with Crippen molar-refractivity contribution in [1.29, 1.82) is 0 Å². The summed E-state index contributed by atoms with van der Waals surface area (Å²) in [4.78, 5) is 19.3. The predicted molar refractivity (Wildman–Crippen MR) is 63.6 cm³/mol. The fourth-order valence-corrected chi connectivity index (χ4v) is 2.16. The first-order valence-corrected chi connectivity index (χ1v) is 5.91. The van der Waals surface area contributed by atoms with Gasteiger partial charge < -0.3 is 9.72 Å². The van der Waals surface area contributed by atoms with Crippen LogP contribution in [0.1, 0.15) is 25.1 Å². The van der Waals surface area contributed by atoms with E-state index in [0.717, 1.165) is 23.3 Å². The van der Waals surface area contributed by atoms with Gasteiger partial charge in [-0.2, -0.15) is 0 Å². The van der Waals surface area contributed by atoms with Crippen LogP contribution in [0.4, 0.5) is 0 Å². The van der Waals surface area contributed by atoms with Crippen molar-refractivity contribution in [2.75, 3.05) is 6.61 Å². The summed E-state index contributed by atoms with van der Waals surface area (Å²) in [7, 11) is 0. The summed E-state index contributed by atoms with van der Waals surface area (Å²) in [5, 5.41) is 0. The number of H-pyrrole nitrogens is 1. The van der Waals surface area contributed by atoms with Gasteiger partial charge in [-0.15, -0.1) is 0 Å². The lowest BCUT2D eigenvalue weighted by molar-refractivity contribution is -0.144. The molecule has 17 heavy (non-hydrogen) atoms. The Kier molecular flexibility index (Phi) is 2.35. The quantitative estimate of drug-likeness (QED) is 0.822. The van der Waals surface area contributed by atoms with E-state index < -0.39 is 0 Å². The number of carbonyl (C=O) groups excluding carboxylic acids is 1. The first kappa shape index (κ1) is 10.3. The Morgan fingerprint density at radius 2 is 2.35 bits per heavy atom. The van der Waals surface area contributed by atoms with E-state index in [2.05, 4.69) is 9.97 Å². The second-order valence-electron chi connectivity index (χ2n) is 4.34. The van der Waals surface area contributed by atoms with E-state index in [-0.39, 0.29) is 17.8 Å². The molecule has 1 aromatic heterocycles. The Morgan fingerprint density at radius 1 is 1.53 bits per heavy atom. The van der Waals surface area contributed by atoms with Crippen LogP contribution in [0.5, 0.6) is 0 Å². The minimum absolute atomic E-state index is 0.00416. The Balaban J connectivity index is 1.80. The van der Waals surface area contributed by atoms with Gasteiger partial charge in [-0.05, 0) is 25.5 Å². The lowest BCUT2D eigenvalue weighted by Crippen LogP contribution is -2.07. The number of hydrogen-bond acceptors (Lipinski definition) is 3. The molecule has 4 nitrogen and oxygen atoms in total. The molecule has 1 heterocycles. The fraction of sp³-hybridized carbons (Fsp3) is 0.385. The fourth-order valence-electron chi connectivity index (χ4n) is 2.16. The number of benzene rings is 1. The van der Waals surface area contributed by atoms with Crippen LogP contribution in [0, 0.1) is 5.92 Å². The lowest BCUT2D eigenvalue weighted by Gasteiger charge is -1.98. The van der Waals surface area contributed by atoms with E-state index in [1.54, 1.807) is 0 Å². The molecule has 88 valence electrons. The molecule has 3 rings (SSSR count). The molecule has 0 amide bonds. The van der Waals surface area contributed by atoms with Gasteiger partial charge in [0, 0.05) is 5.92 Å². The number of rotatable bonds is 3. The minimum Gasteiger partial charge on any atom is -0.466 e. The zero-order valence-electron chi connectivity index (χ0n) is 9.64. The third-order valence-electron chi connectivity index (χ3n) is 3.14. The van der Waals surface area contributed by atoms with Crippen LogP contribution in [-0.2, 0) is 9.53 Å². The summed E-state index contributed by atoms with van der Waals surface area (Å²) >= 11 is 0. The Bertz CT molecular complexity index is 528. The van der Waals surface area contributed by atoms with Crippen LogP contribution < -0.4 is 0 Å². The normalized spacial score (nSPS) is 22.6. The van der Waals surface area contributed by atoms with Crippen LogP contribution in [0.3, 0.4) is 0 Å². The largest absolute Gasteiger partial charge is 0.466 e. The molecular formula is C13H14N2O2. The van der Waals surface area contributed by atoms with Crippen molar-refractivity contribution >= 4 is 17.0 Å². The summed E-state index contributed by atoms with van der Waals surface area (Å²) in [5.41, 5.74) is 1.98. The number of para-hydroxylation sites is 2. The molecule has 0 bridgehead atoms. The molecule has 0 saturated heterocycles. The van der Waals surface area contributed by atoms with Crippen LogP contribution >= 0.6 is 0 Å². The van der Waals surface area contributed by atoms with Gasteiger partial charge in [0.1, 0.15) is 5.82 Å². The van der Waals surface area contributed by atoms with Gasteiger partial charge in [0.2, 0.25) is 0 Å². The Labute approximate surface area is 99.0 Å². The number of ether oxygens (including phenoxy) is 1. The molecule has 0 spiro atoms. The van der Waals surface area contributed by atoms with Crippen LogP contribution in [0.2, 0.25) is 0 Å². The first-order chi connectivity index (χ1) is 8.29. The van der Waals surface area contributed by atoms with Crippen molar-refractivity contribution in [2.24, 2.45) is 5.92 Å². The topological polar surface area (TPSA) is 55.0 Å². The van der Waals surface area contributed by atoms with E-state index in [4.69, 9.17) is 4.74 Å². The molecule has 1 aliphatic rings. The van der Waals surface area contributed by atoms with Crippen molar-refractivity contribution in [2.45, 2.75) is 19.3 Å². The number of fused-ring (bicyclic) bond motifs is 1. The van der Waals surface area contributed by atoms with Crippen molar-refractivity contribution in [1.82, 2.24) is 9.97 Å². The van der Waals surface area contributed by atoms with Gasteiger partial charge in [-0.3, -0.25) is 4.79 Å². The van der Waals surface area contributed by atoms with Gasteiger partial charge in [0.25, 0.3) is 0 Å². The standard InChI is InChI=1S/C13H14N2O2/c1-2-17-13(16)9-7-8(9)12-14-10-5-3-4-6-11(10)15-12/h3-6,8-9H,2,7H2,1H3,(H,14,15)/t8-,9-/m1/s1. The SMILES string of the molecule is CCOC(=O)[C@@H]1C[C@H]1c1nc2ccccc2[nH]1. The van der Waals surface area contributed by atoms with Crippen molar-refractivity contribution < 1.29 is 9.53 Å². The van der Waals surface area contributed by atoms with Crippen molar-refractivity contribution in [3.63, 3.8) is 0 Å². The maximum atomic E-state index is 11.5. The molecule has 0 unspecified atom stereocenters. The molecule has 1 aliphatic carbocycles. The third kappa shape index (κ3) is 1.79. The number of hydrogen-bond donors (Lipinski definition) is 1. The Hall–Kier alpha value is -1.84. The number of aromatic amines is 1. The van der Waals surface area contributed by atoms with Gasteiger partial charge in [-0.25, -0.2) is 4.98 Å². The van der Waals surface area contributed by atoms with E-state index in [1.165, 1.54) is 0 Å². The number of aromatic nitrogens is 2. The predicted octanol–water partition coefficient (Wildman–Crippen LogP) is 2.23. The highest BCUT2D eigenvalue weighted by atomic mass is 16.5. The summed E-state index contributed by atoms with van der Waals surface area (Å²) in [6.07, 6.45) is 0.846. The molecule has 1 aromatic carbocycles. The average molecular weight is 230 g/mol. The lowest BCUT2D eigenvalue weighted by atomic mass is 10.3. The van der Waals surface area contributed by atoms with Crippen molar-refractivity contribution in [3.8, 4) is 0 Å². The maximum absolute atomic E-state index is 11.5. The molecule has 2 aromatic rings. The summed E-state index contributed by atoms with van der Waals surface area (Å²) in [5.74, 6) is 1.01. The molecule has 1 saturated carbocycles. The maximum Gasteiger partial charge on any atom is 0.309 e. The number of carbonyl (C=O) groups is 1. The molecular weight excluding hydrogens is 216 g/mol. The zero-order chi connectivity index (χ0) is 11.8. The summed E-state index contributed by atoms with van der Waals surface area (Å²) < 4.78 is 5.01. The van der Waals surface area contributed by atoms with E-state index >= 15 is 0 Å². The highest BCUT2D eigenvalue weighted by Gasteiger charge is 2.47. The molecule has 0 radical (unpaired) electrons. The molecule has 1 fully saturated rings. The van der Waals surface area contributed by atoms with Crippen LogP contribution in [0.25, 0.3) is 11.0 Å². The number of esters is 1. The molecule has 4 heteroatoms. The van der Waals surface area contributed by atoms with Crippen LogP contribution in [0.15, 0.2) is 24.3 Å². The first-order valence-electron chi connectivity index (χ1n) is 5.91. The smallest absolute Gasteiger partial charge is 0.309 e. The average Bonchev–Trinajstić information content (AvgIpc) is 3.02. The van der Waals surface area contributed by atoms with E-state index in [9.17, 15) is 4.79 Å². The summed E-state index contributed by atoms with van der Waals surface area (Å²) in [6.45, 7) is 2.28. The van der Waals surface area contributed by atoms with Gasteiger partial charge in [-0.1, -0.05) is 12.1 Å². The highest BCUT2D eigenvalue weighted by Crippen LogP contribution is 2.47.